The third-order valence-corrected chi connectivity index (χ3v) is 2.96. The molecule has 0 bridgehead atoms. The molecule has 0 heterocycles. The van der Waals surface area contributed by atoms with Gasteiger partial charge in [0.15, 0.2) is 0 Å². The average Bonchev–Trinajstić information content (AvgIpc) is 2.38. The van der Waals surface area contributed by atoms with E-state index in [1.165, 1.54) is 12.7 Å². The topological polar surface area (TPSA) is 38.3 Å². The molecule has 18 heavy (non-hydrogen) atoms. The van der Waals surface area contributed by atoms with Gasteiger partial charge in [-0.05, 0) is 26.3 Å². The molecule has 0 aliphatic heterocycles. The molecule has 3 nitrogen and oxygen atoms in total. The fourth-order valence-electron chi connectivity index (χ4n) is 1.66. The standard InChI is InChI=1S/C15H21NO2/c1-12(14(17)18-4)10-11-16-15(2,3)13-8-6-5-7-9-13/h5-10,16H,11H2,1-4H3/b12-10+. The lowest BCUT2D eigenvalue weighted by atomic mass is 9.94. The third-order valence-electron chi connectivity index (χ3n) is 2.96. The van der Waals surface area contributed by atoms with Gasteiger partial charge in [-0.2, -0.15) is 0 Å². The van der Waals surface area contributed by atoms with E-state index in [1.54, 1.807) is 6.92 Å². The van der Waals surface area contributed by atoms with Gasteiger partial charge in [-0.15, -0.1) is 0 Å². The van der Waals surface area contributed by atoms with E-state index in [2.05, 4.69) is 36.0 Å². The van der Waals surface area contributed by atoms with E-state index < -0.39 is 0 Å². The summed E-state index contributed by atoms with van der Waals surface area (Å²) in [7, 11) is 1.39. The molecule has 0 aliphatic carbocycles. The summed E-state index contributed by atoms with van der Waals surface area (Å²) in [6, 6.07) is 10.2. The molecule has 98 valence electrons. The maximum absolute atomic E-state index is 11.2. The Kier molecular flexibility index (Phi) is 5.10. The molecule has 0 aromatic heterocycles. The molecule has 0 unspecified atom stereocenters. The van der Waals surface area contributed by atoms with E-state index in [0.29, 0.717) is 12.1 Å². The molecular weight excluding hydrogens is 226 g/mol. The minimum atomic E-state index is -0.283. The largest absolute Gasteiger partial charge is 0.466 e. The van der Waals surface area contributed by atoms with Gasteiger partial charge in [0, 0.05) is 17.7 Å². The fraction of sp³-hybridized carbons (Fsp3) is 0.400. The number of hydrogen-bond donors (Lipinski definition) is 1. The molecule has 1 aromatic carbocycles. The van der Waals surface area contributed by atoms with Gasteiger partial charge in [-0.3, -0.25) is 0 Å². The lowest BCUT2D eigenvalue weighted by Crippen LogP contribution is -2.36. The lowest BCUT2D eigenvalue weighted by molar-refractivity contribution is -0.136. The second kappa shape index (κ2) is 6.36. The molecule has 0 fully saturated rings. The summed E-state index contributed by atoms with van der Waals surface area (Å²) in [6.45, 7) is 6.61. The maximum Gasteiger partial charge on any atom is 0.333 e. The fourth-order valence-corrected chi connectivity index (χ4v) is 1.66. The first-order chi connectivity index (χ1) is 8.47. The summed E-state index contributed by atoms with van der Waals surface area (Å²) in [5.41, 5.74) is 1.71. The highest BCUT2D eigenvalue weighted by molar-refractivity contribution is 5.87. The molecule has 0 atom stereocenters. The number of ether oxygens (including phenoxy) is 1. The van der Waals surface area contributed by atoms with E-state index in [9.17, 15) is 4.79 Å². The predicted molar refractivity (Wildman–Crippen MR) is 73.2 cm³/mol. The van der Waals surface area contributed by atoms with Crippen LogP contribution in [0.1, 0.15) is 26.3 Å². The average molecular weight is 247 g/mol. The highest BCUT2D eigenvalue weighted by Gasteiger charge is 2.18. The van der Waals surface area contributed by atoms with Crippen molar-refractivity contribution in [1.29, 1.82) is 0 Å². The van der Waals surface area contributed by atoms with Gasteiger partial charge >= 0.3 is 5.97 Å². The maximum atomic E-state index is 11.2. The van der Waals surface area contributed by atoms with Crippen LogP contribution in [-0.4, -0.2) is 19.6 Å². The molecule has 0 saturated carbocycles. The van der Waals surface area contributed by atoms with Crippen molar-refractivity contribution < 1.29 is 9.53 Å². The zero-order valence-corrected chi connectivity index (χ0v) is 11.5. The second-order valence-electron chi connectivity index (χ2n) is 4.75. The molecule has 0 radical (unpaired) electrons. The van der Waals surface area contributed by atoms with Crippen LogP contribution in [0.15, 0.2) is 42.0 Å². The summed E-state index contributed by atoms with van der Waals surface area (Å²) >= 11 is 0. The number of nitrogens with one attached hydrogen (secondary N) is 1. The molecule has 0 amide bonds. The number of methoxy groups -OCH3 is 1. The highest BCUT2D eigenvalue weighted by Crippen LogP contribution is 2.18. The first kappa shape index (κ1) is 14.5. The molecule has 0 saturated heterocycles. The van der Waals surface area contributed by atoms with Gasteiger partial charge in [0.2, 0.25) is 0 Å². The van der Waals surface area contributed by atoms with Crippen molar-refractivity contribution in [2.45, 2.75) is 26.3 Å². The minimum Gasteiger partial charge on any atom is -0.466 e. The molecular formula is C15H21NO2. The smallest absolute Gasteiger partial charge is 0.333 e. The first-order valence-electron chi connectivity index (χ1n) is 6.03. The zero-order chi connectivity index (χ0) is 13.6. The van der Waals surface area contributed by atoms with Crippen LogP contribution in [0.5, 0.6) is 0 Å². The van der Waals surface area contributed by atoms with E-state index in [-0.39, 0.29) is 11.5 Å². The highest BCUT2D eigenvalue weighted by atomic mass is 16.5. The van der Waals surface area contributed by atoms with Gasteiger partial charge < -0.3 is 10.1 Å². The first-order valence-corrected chi connectivity index (χ1v) is 6.03. The molecule has 1 aromatic rings. The Morgan fingerprint density at radius 1 is 1.33 bits per heavy atom. The number of rotatable bonds is 5. The Bertz CT molecular complexity index is 421. The molecule has 3 heteroatoms. The lowest BCUT2D eigenvalue weighted by Gasteiger charge is -2.26. The van der Waals surface area contributed by atoms with Crippen molar-refractivity contribution in [3.63, 3.8) is 0 Å². The number of hydrogen-bond acceptors (Lipinski definition) is 3. The van der Waals surface area contributed by atoms with Crippen molar-refractivity contribution in [1.82, 2.24) is 5.32 Å². The number of carbonyl (C=O) groups excluding carboxylic acids is 1. The van der Waals surface area contributed by atoms with Crippen molar-refractivity contribution in [3.8, 4) is 0 Å². The molecule has 1 rings (SSSR count). The van der Waals surface area contributed by atoms with Crippen molar-refractivity contribution in [2.75, 3.05) is 13.7 Å². The summed E-state index contributed by atoms with van der Waals surface area (Å²) in [5.74, 6) is -0.283. The Hall–Kier alpha value is -1.61. The SMILES string of the molecule is COC(=O)/C(C)=C/CNC(C)(C)c1ccccc1. The van der Waals surface area contributed by atoms with Gasteiger partial charge in [0.05, 0.1) is 7.11 Å². The van der Waals surface area contributed by atoms with Crippen LogP contribution in [0.4, 0.5) is 0 Å². The van der Waals surface area contributed by atoms with Crippen molar-refractivity contribution >= 4 is 5.97 Å². The van der Waals surface area contributed by atoms with Gasteiger partial charge in [0.25, 0.3) is 0 Å². The summed E-state index contributed by atoms with van der Waals surface area (Å²) in [4.78, 5) is 11.2. The summed E-state index contributed by atoms with van der Waals surface area (Å²) in [6.07, 6.45) is 1.84. The normalized spacial score (nSPS) is 12.3. The minimum absolute atomic E-state index is 0.131. The molecule has 1 N–H and O–H groups in total. The summed E-state index contributed by atoms with van der Waals surface area (Å²) in [5, 5.41) is 3.40. The zero-order valence-electron chi connectivity index (χ0n) is 11.5. The number of carbonyl (C=O) groups is 1. The number of esters is 1. The van der Waals surface area contributed by atoms with Crippen LogP contribution in [0.3, 0.4) is 0 Å². The van der Waals surface area contributed by atoms with Crippen LogP contribution in [0, 0.1) is 0 Å². The van der Waals surface area contributed by atoms with Crippen LogP contribution < -0.4 is 5.32 Å². The number of benzene rings is 1. The molecule has 0 aliphatic rings. The quantitative estimate of drug-likeness (QED) is 0.642. The van der Waals surface area contributed by atoms with Gasteiger partial charge in [0.1, 0.15) is 0 Å². The van der Waals surface area contributed by atoms with E-state index in [0.717, 1.165) is 0 Å². The van der Waals surface area contributed by atoms with E-state index in [1.807, 2.05) is 24.3 Å². The second-order valence-corrected chi connectivity index (χ2v) is 4.75. The van der Waals surface area contributed by atoms with Gasteiger partial charge in [-0.1, -0.05) is 36.4 Å². The van der Waals surface area contributed by atoms with Crippen molar-refractivity contribution in [2.24, 2.45) is 0 Å². The Balaban J connectivity index is 2.61. The van der Waals surface area contributed by atoms with Crippen LogP contribution >= 0.6 is 0 Å². The van der Waals surface area contributed by atoms with Crippen molar-refractivity contribution in [3.05, 3.63) is 47.5 Å². The summed E-state index contributed by atoms with van der Waals surface area (Å²) < 4.78 is 4.64. The van der Waals surface area contributed by atoms with Crippen LogP contribution in [0.2, 0.25) is 0 Å². The Morgan fingerprint density at radius 2 is 1.94 bits per heavy atom. The Morgan fingerprint density at radius 3 is 2.50 bits per heavy atom. The van der Waals surface area contributed by atoms with E-state index >= 15 is 0 Å². The van der Waals surface area contributed by atoms with Gasteiger partial charge in [-0.25, -0.2) is 4.79 Å². The van der Waals surface area contributed by atoms with Crippen LogP contribution in [-0.2, 0) is 15.1 Å². The van der Waals surface area contributed by atoms with Crippen LogP contribution in [0.25, 0.3) is 0 Å². The van der Waals surface area contributed by atoms with E-state index in [4.69, 9.17) is 0 Å². The monoisotopic (exact) mass is 247 g/mol. The third kappa shape index (κ3) is 4.00. The molecule has 0 spiro atoms. The predicted octanol–water partition coefficient (Wildman–Crippen LogP) is 2.63. The Labute approximate surface area is 109 Å².